The number of ether oxygens (including phenoxy) is 1. The maximum atomic E-state index is 5.80. The molecule has 0 bridgehead atoms. The van der Waals surface area contributed by atoms with Gasteiger partial charge in [0, 0.05) is 0 Å². The van der Waals surface area contributed by atoms with Gasteiger partial charge in [-0.3, -0.25) is 5.32 Å². The van der Waals surface area contributed by atoms with Crippen molar-refractivity contribution >= 4 is 0 Å². The van der Waals surface area contributed by atoms with Gasteiger partial charge in [-0.2, -0.15) is 0 Å². The van der Waals surface area contributed by atoms with Crippen LogP contribution < -0.4 is 5.32 Å². The van der Waals surface area contributed by atoms with Crippen molar-refractivity contribution in [2.75, 3.05) is 13.2 Å². The summed E-state index contributed by atoms with van der Waals surface area (Å²) in [5, 5.41) is 3.39. The molecule has 1 heterocycles. The van der Waals surface area contributed by atoms with Crippen molar-refractivity contribution in [3.8, 4) is 0 Å². The second-order valence-corrected chi connectivity index (χ2v) is 4.02. The number of hydrogen-bond donors (Lipinski definition) is 1. The summed E-state index contributed by atoms with van der Waals surface area (Å²) in [5.41, 5.74) is 0.0165. The maximum Gasteiger partial charge on any atom is 0.116 e. The largest absolute Gasteiger partial charge is 0.361 e. The van der Waals surface area contributed by atoms with Crippen molar-refractivity contribution in [3.05, 3.63) is 0 Å². The zero-order chi connectivity index (χ0) is 7.73. The van der Waals surface area contributed by atoms with Gasteiger partial charge < -0.3 is 4.74 Å². The van der Waals surface area contributed by atoms with E-state index in [1.54, 1.807) is 0 Å². The third-order valence-corrected chi connectivity index (χ3v) is 2.66. The molecule has 0 aromatic carbocycles. The Morgan fingerprint density at radius 3 is 2.91 bits per heavy atom. The van der Waals surface area contributed by atoms with Gasteiger partial charge in [-0.05, 0) is 45.1 Å². The molecule has 1 atom stereocenters. The fourth-order valence-electron chi connectivity index (χ4n) is 1.58. The van der Waals surface area contributed by atoms with Gasteiger partial charge in [-0.15, -0.1) is 0 Å². The lowest BCUT2D eigenvalue weighted by Crippen LogP contribution is -2.39. The van der Waals surface area contributed by atoms with E-state index in [0.717, 1.165) is 19.1 Å². The summed E-state index contributed by atoms with van der Waals surface area (Å²) in [4.78, 5) is 0. The molecule has 2 rings (SSSR count). The lowest BCUT2D eigenvalue weighted by Gasteiger charge is -2.24. The average molecular weight is 155 g/mol. The minimum absolute atomic E-state index is 0.0165. The van der Waals surface area contributed by atoms with Gasteiger partial charge in [0.1, 0.15) is 5.72 Å². The monoisotopic (exact) mass is 155 g/mol. The van der Waals surface area contributed by atoms with Crippen LogP contribution in [0.3, 0.4) is 0 Å². The van der Waals surface area contributed by atoms with Crippen molar-refractivity contribution in [1.82, 2.24) is 5.32 Å². The molecule has 2 aliphatic rings. The SMILES string of the molecule is CC1(OCC2CC2)CCCN1. The summed E-state index contributed by atoms with van der Waals surface area (Å²) in [6, 6.07) is 0. The van der Waals surface area contributed by atoms with E-state index in [0.29, 0.717) is 0 Å². The molecule has 64 valence electrons. The van der Waals surface area contributed by atoms with E-state index >= 15 is 0 Å². The Balaban J connectivity index is 1.73. The highest BCUT2D eigenvalue weighted by Crippen LogP contribution is 2.31. The van der Waals surface area contributed by atoms with E-state index in [9.17, 15) is 0 Å². The highest BCUT2D eigenvalue weighted by molar-refractivity contribution is 4.81. The van der Waals surface area contributed by atoms with Crippen molar-refractivity contribution < 1.29 is 4.74 Å². The van der Waals surface area contributed by atoms with Gasteiger partial charge >= 0.3 is 0 Å². The van der Waals surface area contributed by atoms with E-state index in [4.69, 9.17) is 4.74 Å². The molecule has 1 N–H and O–H groups in total. The van der Waals surface area contributed by atoms with Crippen LogP contribution in [0.15, 0.2) is 0 Å². The first kappa shape index (κ1) is 7.56. The van der Waals surface area contributed by atoms with Gasteiger partial charge in [0.15, 0.2) is 0 Å². The van der Waals surface area contributed by atoms with Crippen LogP contribution in [0.2, 0.25) is 0 Å². The molecular weight excluding hydrogens is 138 g/mol. The first-order valence-corrected chi connectivity index (χ1v) is 4.67. The topological polar surface area (TPSA) is 21.3 Å². The van der Waals surface area contributed by atoms with Crippen molar-refractivity contribution in [3.63, 3.8) is 0 Å². The molecule has 0 aromatic rings. The molecule has 0 spiro atoms. The Bertz CT molecular complexity index is 136. The van der Waals surface area contributed by atoms with E-state index in [-0.39, 0.29) is 5.72 Å². The van der Waals surface area contributed by atoms with Crippen LogP contribution in [-0.4, -0.2) is 18.9 Å². The Labute approximate surface area is 68.3 Å². The summed E-state index contributed by atoms with van der Waals surface area (Å²) in [7, 11) is 0. The third-order valence-electron chi connectivity index (χ3n) is 2.66. The fourth-order valence-corrected chi connectivity index (χ4v) is 1.58. The van der Waals surface area contributed by atoms with Crippen LogP contribution in [0, 0.1) is 5.92 Å². The molecule has 1 saturated carbocycles. The van der Waals surface area contributed by atoms with E-state index in [1.165, 1.54) is 25.7 Å². The van der Waals surface area contributed by atoms with E-state index in [2.05, 4.69) is 12.2 Å². The Hall–Kier alpha value is -0.0800. The molecule has 1 saturated heterocycles. The van der Waals surface area contributed by atoms with Gasteiger partial charge in [0.25, 0.3) is 0 Å². The first-order valence-electron chi connectivity index (χ1n) is 4.67. The van der Waals surface area contributed by atoms with Crippen LogP contribution >= 0.6 is 0 Å². The molecule has 2 heteroatoms. The van der Waals surface area contributed by atoms with Crippen LogP contribution in [0.5, 0.6) is 0 Å². The minimum Gasteiger partial charge on any atom is -0.361 e. The van der Waals surface area contributed by atoms with Crippen molar-refractivity contribution in [1.29, 1.82) is 0 Å². The Kier molecular flexibility index (Phi) is 1.90. The lowest BCUT2D eigenvalue weighted by atomic mass is 10.2. The molecule has 2 fully saturated rings. The second kappa shape index (κ2) is 2.76. The summed E-state index contributed by atoms with van der Waals surface area (Å²) < 4.78 is 5.80. The van der Waals surface area contributed by atoms with E-state index in [1.807, 2.05) is 0 Å². The summed E-state index contributed by atoms with van der Waals surface area (Å²) in [6.07, 6.45) is 5.22. The minimum atomic E-state index is 0.0165. The van der Waals surface area contributed by atoms with Crippen LogP contribution in [-0.2, 0) is 4.74 Å². The molecule has 1 aliphatic heterocycles. The third kappa shape index (κ3) is 1.94. The molecule has 1 aliphatic carbocycles. The molecular formula is C9H17NO. The predicted octanol–water partition coefficient (Wildman–Crippen LogP) is 1.51. The normalized spacial score (nSPS) is 37.9. The maximum absolute atomic E-state index is 5.80. The molecule has 2 nitrogen and oxygen atoms in total. The summed E-state index contributed by atoms with van der Waals surface area (Å²) in [6.45, 7) is 4.27. The van der Waals surface area contributed by atoms with Crippen molar-refractivity contribution in [2.24, 2.45) is 5.92 Å². The molecule has 0 aromatic heterocycles. The van der Waals surface area contributed by atoms with Gasteiger partial charge in [0.05, 0.1) is 6.61 Å². The standard InChI is InChI=1S/C9H17NO/c1-9(5-2-6-10-9)11-7-8-3-4-8/h8,10H,2-7H2,1H3. The number of hydrogen-bond acceptors (Lipinski definition) is 2. The fraction of sp³-hybridized carbons (Fsp3) is 1.00. The van der Waals surface area contributed by atoms with Crippen molar-refractivity contribution in [2.45, 2.75) is 38.3 Å². The van der Waals surface area contributed by atoms with E-state index < -0.39 is 0 Å². The Morgan fingerprint density at radius 2 is 2.36 bits per heavy atom. The smallest absolute Gasteiger partial charge is 0.116 e. The lowest BCUT2D eigenvalue weighted by molar-refractivity contribution is -0.0480. The highest BCUT2D eigenvalue weighted by Gasteiger charge is 2.31. The first-order chi connectivity index (χ1) is 5.29. The summed E-state index contributed by atoms with van der Waals surface area (Å²) in [5.74, 6) is 0.884. The Morgan fingerprint density at radius 1 is 1.55 bits per heavy atom. The average Bonchev–Trinajstić information content (AvgIpc) is 2.73. The number of nitrogens with one attached hydrogen (secondary N) is 1. The molecule has 0 amide bonds. The summed E-state index contributed by atoms with van der Waals surface area (Å²) >= 11 is 0. The molecule has 11 heavy (non-hydrogen) atoms. The second-order valence-electron chi connectivity index (χ2n) is 4.02. The zero-order valence-electron chi connectivity index (χ0n) is 7.23. The molecule has 1 unspecified atom stereocenters. The van der Waals surface area contributed by atoms with Crippen LogP contribution in [0.25, 0.3) is 0 Å². The molecule has 0 radical (unpaired) electrons. The van der Waals surface area contributed by atoms with Crippen LogP contribution in [0.1, 0.15) is 32.6 Å². The highest BCUT2D eigenvalue weighted by atomic mass is 16.5. The van der Waals surface area contributed by atoms with Gasteiger partial charge in [0.2, 0.25) is 0 Å². The van der Waals surface area contributed by atoms with Gasteiger partial charge in [-0.25, -0.2) is 0 Å². The number of rotatable bonds is 3. The predicted molar refractivity (Wildman–Crippen MR) is 44.3 cm³/mol. The quantitative estimate of drug-likeness (QED) is 0.667. The zero-order valence-corrected chi connectivity index (χ0v) is 7.23. The van der Waals surface area contributed by atoms with Crippen LogP contribution in [0.4, 0.5) is 0 Å². The van der Waals surface area contributed by atoms with Gasteiger partial charge in [-0.1, -0.05) is 0 Å².